The quantitative estimate of drug-likeness (QED) is 0.716. The number of nitrogens with one attached hydrogen (secondary N) is 1. The van der Waals surface area contributed by atoms with Crippen LogP contribution in [0, 0.1) is 0 Å². The molecule has 1 aromatic rings. The Balaban J connectivity index is 2.33. The molecule has 0 spiro atoms. The van der Waals surface area contributed by atoms with Gasteiger partial charge in [-0.15, -0.1) is 0 Å². The molecule has 0 saturated heterocycles. The lowest BCUT2D eigenvalue weighted by Gasteiger charge is -2.13. The van der Waals surface area contributed by atoms with Crippen molar-refractivity contribution in [2.24, 2.45) is 0 Å². The normalized spacial score (nSPS) is 11.7. The zero-order valence-corrected chi connectivity index (χ0v) is 12.3. The van der Waals surface area contributed by atoms with Crippen LogP contribution in [0.3, 0.4) is 0 Å². The fraction of sp³-hybridized carbons (Fsp3) is 0.467. The van der Waals surface area contributed by atoms with Gasteiger partial charge in [0.25, 0.3) is 0 Å². The van der Waals surface area contributed by atoms with Crippen molar-refractivity contribution in [3.05, 3.63) is 29.8 Å². The number of hydrogen-bond acceptors (Lipinski definition) is 4. The average molecular weight is 295 g/mol. The van der Waals surface area contributed by atoms with E-state index >= 15 is 0 Å². The Bertz CT molecular complexity index is 458. The maximum atomic E-state index is 11.7. The number of aliphatic carboxylic acids is 1. The van der Waals surface area contributed by atoms with Crippen molar-refractivity contribution < 1.29 is 24.2 Å². The summed E-state index contributed by atoms with van der Waals surface area (Å²) in [7, 11) is 3.00. The van der Waals surface area contributed by atoms with E-state index in [-0.39, 0.29) is 18.9 Å². The summed E-state index contributed by atoms with van der Waals surface area (Å²) in [6, 6.07) is 6.63. The molecule has 0 bridgehead atoms. The van der Waals surface area contributed by atoms with Crippen LogP contribution in [0.5, 0.6) is 5.75 Å². The Labute approximate surface area is 124 Å². The lowest BCUT2D eigenvalue weighted by atomic mass is 10.1. The summed E-state index contributed by atoms with van der Waals surface area (Å²) in [5.74, 6) is -0.589. The van der Waals surface area contributed by atoms with E-state index in [0.29, 0.717) is 6.42 Å². The van der Waals surface area contributed by atoms with Gasteiger partial charge in [0.05, 0.1) is 13.7 Å². The average Bonchev–Trinajstić information content (AvgIpc) is 2.47. The Morgan fingerprint density at radius 1 is 1.24 bits per heavy atom. The minimum Gasteiger partial charge on any atom is -0.497 e. The van der Waals surface area contributed by atoms with Crippen LogP contribution in [-0.2, 0) is 20.7 Å². The second-order valence-electron chi connectivity index (χ2n) is 4.62. The summed E-state index contributed by atoms with van der Waals surface area (Å²) >= 11 is 0. The highest BCUT2D eigenvalue weighted by Crippen LogP contribution is 2.13. The molecule has 1 unspecified atom stereocenters. The molecule has 21 heavy (non-hydrogen) atoms. The van der Waals surface area contributed by atoms with E-state index in [0.717, 1.165) is 17.7 Å². The topological polar surface area (TPSA) is 84.9 Å². The zero-order valence-electron chi connectivity index (χ0n) is 12.3. The molecule has 6 heteroatoms. The van der Waals surface area contributed by atoms with Gasteiger partial charge in [-0.25, -0.2) is 4.79 Å². The number of hydrogen-bond donors (Lipinski definition) is 2. The van der Waals surface area contributed by atoms with E-state index in [4.69, 9.17) is 14.6 Å². The van der Waals surface area contributed by atoms with Gasteiger partial charge in [-0.2, -0.15) is 0 Å². The molecule has 0 radical (unpaired) electrons. The number of carboxylic acids is 1. The van der Waals surface area contributed by atoms with Gasteiger partial charge in [0.2, 0.25) is 5.91 Å². The van der Waals surface area contributed by atoms with Gasteiger partial charge in [0.1, 0.15) is 5.75 Å². The van der Waals surface area contributed by atoms with Gasteiger partial charge < -0.3 is 19.9 Å². The lowest BCUT2D eigenvalue weighted by Crippen LogP contribution is -2.43. The molecule has 116 valence electrons. The fourth-order valence-electron chi connectivity index (χ4n) is 1.85. The van der Waals surface area contributed by atoms with Crippen molar-refractivity contribution in [2.45, 2.75) is 25.3 Å². The second-order valence-corrected chi connectivity index (χ2v) is 4.62. The van der Waals surface area contributed by atoms with Gasteiger partial charge >= 0.3 is 5.97 Å². The number of ether oxygens (including phenoxy) is 2. The molecule has 1 atom stereocenters. The molecule has 0 aliphatic carbocycles. The first-order chi connectivity index (χ1) is 10.1. The smallest absolute Gasteiger partial charge is 0.328 e. The first-order valence-electron chi connectivity index (χ1n) is 6.71. The number of rotatable bonds is 9. The van der Waals surface area contributed by atoms with E-state index in [9.17, 15) is 9.59 Å². The van der Waals surface area contributed by atoms with E-state index < -0.39 is 12.0 Å². The largest absolute Gasteiger partial charge is 0.497 e. The fourth-order valence-corrected chi connectivity index (χ4v) is 1.85. The van der Waals surface area contributed by atoms with Crippen molar-refractivity contribution in [2.75, 3.05) is 20.8 Å². The highest BCUT2D eigenvalue weighted by Gasteiger charge is 2.19. The molecule has 0 aromatic heterocycles. The number of carbonyl (C=O) groups is 2. The summed E-state index contributed by atoms with van der Waals surface area (Å²) < 4.78 is 9.82. The third-order valence-electron chi connectivity index (χ3n) is 2.99. The Morgan fingerprint density at radius 2 is 1.90 bits per heavy atom. The maximum absolute atomic E-state index is 11.7. The minimum atomic E-state index is -1.10. The van der Waals surface area contributed by atoms with Crippen LogP contribution in [0.25, 0.3) is 0 Å². The van der Waals surface area contributed by atoms with Crippen molar-refractivity contribution in [3.63, 3.8) is 0 Å². The highest BCUT2D eigenvalue weighted by molar-refractivity contribution is 5.83. The standard InChI is InChI=1S/C15H21NO5/c1-20-10-13(15(18)19)16-14(17)5-3-4-11-6-8-12(21-2)9-7-11/h6-9,13H,3-5,10H2,1-2H3,(H,16,17)(H,18,19). The van der Waals surface area contributed by atoms with E-state index in [1.54, 1.807) is 7.11 Å². The molecule has 0 aliphatic heterocycles. The van der Waals surface area contributed by atoms with Crippen LogP contribution in [0.2, 0.25) is 0 Å². The highest BCUT2D eigenvalue weighted by atomic mass is 16.5. The van der Waals surface area contributed by atoms with Gasteiger partial charge in [0.15, 0.2) is 6.04 Å². The van der Waals surface area contributed by atoms with Crippen molar-refractivity contribution in [1.82, 2.24) is 5.32 Å². The Morgan fingerprint density at radius 3 is 2.43 bits per heavy atom. The number of amides is 1. The van der Waals surface area contributed by atoms with Crippen molar-refractivity contribution in [1.29, 1.82) is 0 Å². The third kappa shape index (κ3) is 6.27. The zero-order chi connectivity index (χ0) is 15.7. The van der Waals surface area contributed by atoms with Crippen molar-refractivity contribution in [3.8, 4) is 5.75 Å². The second kappa shape index (κ2) is 8.97. The van der Waals surface area contributed by atoms with Gasteiger partial charge in [-0.05, 0) is 30.5 Å². The van der Waals surface area contributed by atoms with Crippen LogP contribution in [-0.4, -0.2) is 43.9 Å². The predicted molar refractivity (Wildman–Crippen MR) is 77.4 cm³/mol. The summed E-state index contributed by atoms with van der Waals surface area (Å²) in [6.07, 6.45) is 1.68. The van der Waals surface area contributed by atoms with Gasteiger partial charge in [0, 0.05) is 13.5 Å². The molecule has 0 saturated carbocycles. The van der Waals surface area contributed by atoms with Crippen LogP contribution in [0.1, 0.15) is 18.4 Å². The van der Waals surface area contributed by atoms with Crippen LogP contribution in [0.15, 0.2) is 24.3 Å². The molecular weight excluding hydrogens is 274 g/mol. The molecular formula is C15H21NO5. The van der Waals surface area contributed by atoms with Crippen LogP contribution >= 0.6 is 0 Å². The first-order valence-corrected chi connectivity index (χ1v) is 6.71. The Hall–Kier alpha value is -2.08. The van der Waals surface area contributed by atoms with Gasteiger partial charge in [-0.3, -0.25) is 4.79 Å². The summed E-state index contributed by atoms with van der Waals surface area (Å²) in [6.45, 7) is -0.0421. The predicted octanol–water partition coefficient (Wildman–Crippen LogP) is 1.23. The van der Waals surface area contributed by atoms with Crippen LogP contribution < -0.4 is 10.1 Å². The number of aryl methyl sites for hydroxylation is 1. The number of carbonyl (C=O) groups excluding carboxylic acids is 1. The number of carboxylic acid groups (broad SMARTS) is 1. The molecule has 6 nitrogen and oxygen atoms in total. The summed E-state index contributed by atoms with van der Waals surface area (Å²) in [5, 5.41) is 11.3. The maximum Gasteiger partial charge on any atom is 0.328 e. The SMILES string of the molecule is COCC(NC(=O)CCCc1ccc(OC)cc1)C(=O)O. The van der Waals surface area contributed by atoms with Gasteiger partial charge in [-0.1, -0.05) is 12.1 Å². The van der Waals surface area contributed by atoms with Crippen LogP contribution in [0.4, 0.5) is 0 Å². The molecule has 0 heterocycles. The molecule has 0 fully saturated rings. The summed E-state index contributed by atoms with van der Waals surface area (Å²) in [4.78, 5) is 22.5. The van der Waals surface area contributed by atoms with Crippen molar-refractivity contribution >= 4 is 11.9 Å². The number of benzene rings is 1. The molecule has 2 N–H and O–H groups in total. The van der Waals surface area contributed by atoms with E-state index in [1.165, 1.54) is 7.11 Å². The Kier molecular flexibility index (Phi) is 7.25. The third-order valence-corrected chi connectivity index (χ3v) is 2.99. The molecule has 1 aromatic carbocycles. The summed E-state index contributed by atoms with van der Waals surface area (Å²) in [5.41, 5.74) is 1.11. The molecule has 0 aliphatic rings. The molecule has 1 amide bonds. The minimum absolute atomic E-state index is 0.0421. The van der Waals surface area contributed by atoms with E-state index in [2.05, 4.69) is 5.32 Å². The first kappa shape index (κ1) is 17.0. The number of methoxy groups -OCH3 is 2. The van der Waals surface area contributed by atoms with E-state index in [1.807, 2.05) is 24.3 Å². The monoisotopic (exact) mass is 295 g/mol. The lowest BCUT2D eigenvalue weighted by molar-refractivity contribution is -0.143. The molecule has 1 rings (SSSR count).